The van der Waals surface area contributed by atoms with E-state index in [1.165, 1.54) is 12.0 Å². The number of ketones is 1. The van der Waals surface area contributed by atoms with Crippen LogP contribution in [-0.4, -0.2) is 16.5 Å². The van der Waals surface area contributed by atoms with E-state index >= 15 is 0 Å². The highest BCUT2D eigenvalue weighted by Crippen LogP contribution is 2.57. The van der Waals surface area contributed by atoms with Gasteiger partial charge in [0.1, 0.15) is 5.78 Å². The van der Waals surface area contributed by atoms with Crippen molar-refractivity contribution < 1.29 is 9.90 Å². The van der Waals surface area contributed by atoms with Crippen LogP contribution in [0.2, 0.25) is 0 Å². The molecule has 0 heterocycles. The van der Waals surface area contributed by atoms with Crippen LogP contribution < -0.4 is 0 Å². The molecule has 21 heavy (non-hydrogen) atoms. The van der Waals surface area contributed by atoms with Gasteiger partial charge in [-0.05, 0) is 43.1 Å². The summed E-state index contributed by atoms with van der Waals surface area (Å²) in [7, 11) is 0. The second-order valence-electron chi connectivity index (χ2n) is 7.27. The molecule has 0 saturated heterocycles. The lowest BCUT2D eigenvalue weighted by atomic mass is 9.49. The molecule has 3 saturated carbocycles. The highest BCUT2D eigenvalue weighted by atomic mass is 16.3. The van der Waals surface area contributed by atoms with E-state index in [0.717, 1.165) is 38.5 Å². The Labute approximate surface area is 126 Å². The van der Waals surface area contributed by atoms with Crippen LogP contribution in [-0.2, 0) is 4.79 Å². The van der Waals surface area contributed by atoms with E-state index in [1.54, 1.807) is 0 Å². The van der Waals surface area contributed by atoms with Crippen molar-refractivity contribution in [3.63, 3.8) is 0 Å². The van der Waals surface area contributed by atoms with Gasteiger partial charge in [0.2, 0.25) is 0 Å². The Morgan fingerprint density at radius 3 is 2.62 bits per heavy atom. The second-order valence-corrected chi connectivity index (χ2v) is 7.27. The number of Topliss-reactive ketones (excluding diaryl/α,β-unsaturated/α-hetero) is 1. The number of carbonyl (C=O) groups excluding carboxylic acids is 1. The second kappa shape index (κ2) is 4.95. The van der Waals surface area contributed by atoms with Crippen LogP contribution in [0.25, 0.3) is 0 Å². The van der Waals surface area contributed by atoms with E-state index in [4.69, 9.17) is 0 Å². The fourth-order valence-corrected chi connectivity index (χ4v) is 5.49. The average Bonchev–Trinajstić information content (AvgIpc) is 2.50. The third-order valence-electron chi connectivity index (χ3n) is 6.36. The monoisotopic (exact) mass is 284 g/mol. The molecular weight excluding hydrogens is 260 g/mol. The first-order valence-corrected chi connectivity index (χ1v) is 8.53. The Morgan fingerprint density at radius 2 is 1.81 bits per heavy atom. The molecule has 3 aliphatic carbocycles. The van der Waals surface area contributed by atoms with E-state index in [9.17, 15) is 9.90 Å². The molecule has 0 spiro atoms. The first kappa shape index (κ1) is 13.5. The smallest absolute Gasteiger partial charge is 0.142 e. The molecule has 0 radical (unpaired) electrons. The standard InChI is InChI=1S/C19H24O2/c20-18-14-9-6-11-16(18)19(21)12-5-4-10-15(19)17(14)13-7-2-1-3-8-13/h1-3,7-8,14-17,21H,4-6,9-12H2/t14-,15-,16-,17-,19+/m1/s1. The topological polar surface area (TPSA) is 37.3 Å². The zero-order valence-electron chi connectivity index (χ0n) is 12.5. The predicted molar refractivity (Wildman–Crippen MR) is 81.9 cm³/mol. The van der Waals surface area contributed by atoms with Gasteiger partial charge >= 0.3 is 0 Å². The Kier molecular flexibility index (Phi) is 3.18. The Balaban J connectivity index is 1.82. The summed E-state index contributed by atoms with van der Waals surface area (Å²) in [5, 5.41) is 11.4. The van der Waals surface area contributed by atoms with E-state index in [2.05, 4.69) is 24.3 Å². The van der Waals surface area contributed by atoms with Crippen LogP contribution in [0.3, 0.4) is 0 Å². The molecule has 3 aliphatic rings. The van der Waals surface area contributed by atoms with Crippen molar-refractivity contribution >= 4 is 5.78 Å². The van der Waals surface area contributed by atoms with Gasteiger partial charge in [-0.3, -0.25) is 4.79 Å². The number of carbonyl (C=O) groups is 1. The third kappa shape index (κ3) is 1.92. The number of benzene rings is 1. The summed E-state index contributed by atoms with van der Waals surface area (Å²) in [5.41, 5.74) is 0.536. The summed E-state index contributed by atoms with van der Waals surface area (Å²) in [6.07, 6.45) is 7.19. The summed E-state index contributed by atoms with van der Waals surface area (Å²) in [6, 6.07) is 10.5. The van der Waals surface area contributed by atoms with Gasteiger partial charge in [-0.2, -0.15) is 0 Å². The van der Waals surface area contributed by atoms with Gasteiger partial charge in [0.25, 0.3) is 0 Å². The van der Waals surface area contributed by atoms with Crippen molar-refractivity contribution in [1.29, 1.82) is 0 Å². The number of rotatable bonds is 1. The quantitative estimate of drug-likeness (QED) is 0.854. The van der Waals surface area contributed by atoms with Gasteiger partial charge in [-0.1, -0.05) is 49.6 Å². The summed E-state index contributed by atoms with van der Waals surface area (Å²) in [5.74, 6) is 0.939. The molecule has 0 aromatic heterocycles. The zero-order chi connectivity index (χ0) is 14.4. The average molecular weight is 284 g/mol. The number of hydrogen-bond donors (Lipinski definition) is 1. The predicted octanol–water partition coefficient (Wildman–Crippen LogP) is 3.69. The van der Waals surface area contributed by atoms with Crippen LogP contribution >= 0.6 is 0 Å². The maximum absolute atomic E-state index is 12.9. The van der Waals surface area contributed by atoms with E-state index in [-0.39, 0.29) is 23.7 Å². The fraction of sp³-hybridized carbons (Fsp3) is 0.632. The molecule has 5 atom stereocenters. The highest BCUT2D eigenvalue weighted by molar-refractivity contribution is 5.87. The molecule has 2 bridgehead atoms. The first-order valence-electron chi connectivity index (χ1n) is 8.53. The Hall–Kier alpha value is -1.15. The molecule has 112 valence electrons. The van der Waals surface area contributed by atoms with Crippen molar-refractivity contribution in [1.82, 2.24) is 0 Å². The number of hydrogen-bond acceptors (Lipinski definition) is 2. The minimum Gasteiger partial charge on any atom is -0.389 e. The van der Waals surface area contributed by atoms with Crippen molar-refractivity contribution in [2.45, 2.75) is 56.5 Å². The number of fused-ring (bicyclic) bond motifs is 4. The van der Waals surface area contributed by atoms with Crippen LogP contribution in [0.15, 0.2) is 30.3 Å². The van der Waals surface area contributed by atoms with Crippen molar-refractivity contribution in [3.8, 4) is 0 Å². The van der Waals surface area contributed by atoms with Crippen LogP contribution in [0.5, 0.6) is 0 Å². The normalized spacial score (nSPS) is 42.4. The first-order chi connectivity index (χ1) is 10.2. The summed E-state index contributed by atoms with van der Waals surface area (Å²) in [6.45, 7) is 0. The molecule has 1 N–H and O–H groups in total. The molecule has 2 heteroatoms. The van der Waals surface area contributed by atoms with Gasteiger partial charge in [0.05, 0.1) is 5.60 Å². The number of aliphatic hydroxyl groups is 1. The Bertz CT molecular complexity index is 538. The van der Waals surface area contributed by atoms with Gasteiger partial charge in [0.15, 0.2) is 0 Å². The SMILES string of the molecule is O=C1[C@H]2CCC[C@@H]1[C@@H](c1ccccc1)[C@H]1CCCC[C@@]21O. The van der Waals surface area contributed by atoms with E-state index in [1.807, 2.05) is 6.07 Å². The van der Waals surface area contributed by atoms with Crippen molar-refractivity contribution in [2.75, 3.05) is 0 Å². The van der Waals surface area contributed by atoms with Gasteiger partial charge in [0, 0.05) is 11.8 Å². The maximum atomic E-state index is 12.9. The zero-order valence-corrected chi connectivity index (χ0v) is 12.5. The van der Waals surface area contributed by atoms with E-state index in [0.29, 0.717) is 5.78 Å². The molecule has 0 amide bonds. The lowest BCUT2D eigenvalue weighted by Gasteiger charge is -2.56. The highest BCUT2D eigenvalue weighted by Gasteiger charge is 2.59. The molecule has 0 aliphatic heterocycles. The lowest BCUT2D eigenvalue weighted by molar-refractivity contribution is -0.172. The lowest BCUT2D eigenvalue weighted by Crippen LogP contribution is -2.60. The largest absolute Gasteiger partial charge is 0.389 e. The fourth-order valence-electron chi connectivity index (χ4n) is 5.49. The minimum absolute atomic E-state index is 0.0819. The molecule has 1 aromatic rings. The summed E-state index contributed by atoms with van der Waals surface area (Å²) in [4.78, 5) is 12.9. The molecular formula is C19H24O2. The van der Waals surface area contributed by atoms with Gasteiger partial charge < -0.3 is 5.11 Å². The molecule has 4 rings (SSSR count). The van der Waals surface area contributed by atoms with Crippen molar-refractivity contribution in [3.05, 3.63) is 35.9 Å². The Morgan fingerprint density at radius 1 is 1.00 bits per heavy atom. The van der Waals surface area contributed by atoms with Gasteiger partial charge in [-0.25, -0.2) is 0 Å². The van der Waals surface area contributed by atoms with Crippen LogP contribution in [0, 0.1) is 17.8 Å². The summed E-state index contributed by atoms with van der Waals surface area (Å²) < 4.78 is 0. The molecule has 3 fully saturated rings. The molecule has 0 unspecified atom stereocenters. The minimum atomic E-state index is -0.729. The summed E-state index contributed by atoms with van der Waals surface area (Å²) >= 11 is 0. The van der Waals surface area contributed by atoms with Crippen molar-refractivity contribution in [2.24, 2.45) is 17.8 Å². The van der Waals surface area contributed by atoms with E-state index < -0.39 is 5.60 Å². The molecule has 2 nitrogen and oxygen atoms in total. The third-order valence-corrected chi connectivity index (χ3v) is 6.36. The van der Waals surface area contributed by atoms with Gasteiger partial charge in [-0.15, -0.1) is 0 Å². The van der Waals surface area contributed by atoms with Crippen LogP contribution in [0.4, 0.5) is 0 Å². The van der Waals surface area contributed by atoms with Crippen LogP contribution in [0.1, 0.15) is 56.4 Å². The molecule has 1 aromatic carbocycles. The maximum Gasteiger partial charge on any atom is 0.142 e.